The van der Waals surface area contributed by atoms with Crippen molar-refractivity contribution >= 4 is 17.2 Å². The van der Waals surface area contributed by atoms with E-state index in [4.69, 9.17) is 5.84 Å². The molecule has 1 aromatic rings. The first-order valence-electron chi connectivity index (χ1n) is 4.74. The van der Waals surface area contributed by atoms with Crippen LogP contribution in [0.15, 0.2) is 17.5 Å². The number of carbonyl (C=O) groups excluding carboxylic acids is 1. The number of thiophene rings is 1. The van der Waals surface area contributed by atoms with Crippen LogP contribution in [0.25, 0.3) is 0 Å². The lowest BCUT2D eigenvalue weighted by Gasteiger charge is -2.08. The van der Waals surface area contributed by atoms with Gasteiger partial charge >= 0.3 is 0 Å². The van der Waals surface area contributed by atoms with Gasteiger partial charge in [-0.25, -0.2) is 5.84 Å². The molecule has 0 aromatic carbocycles. The second kappa shape index (κ2) is 5.78. The number of unbranched alkanes of at least 4 members (excludes halogenated alkanes) is 1. The molecule has 1 aromatic heterocycles. The molecule has 0 saturated carbocycles. The van der Waals surface area contributed by atoms with E-state index in [1.54, 1.807) is 18.4 Å². The highest BCUT2D eigenvalue weighted by atomic mass is 32.1. The molecule has 2 N–H and O–H groups in total. The van der Waals surface area contributed by atoms with Gasteiger partial charge in [0.1, 0.15) is 0 Å². The maximum atomic E-state index is 11.1. The Kier molecular flexibility index (Phi) is 4.62. The molecule has 4 heteroatoms. The summed E-state index contributed by atoms with van der Waals surface area (Å²) in [4.78, 5) is 12.5. The van der Waals surface area contributed by atoms with Crippen LogP contribution in [-0.4, -0.2) is 18.0 Å². The molecule has 14 heavy (non-hydrogen) atoms. The molecular formula is C10H16N2OS. The van der Waals surface area contributed by atoms with Gasteiger partial charge in [-0.1, -0.05) is 6.07 Å². The lowest BCUT2D eigenvalue weighted by Crippen LogP contribution is -2.32. The molecule has 0 aliphatic heterocycles. The van der Waals surface area contributed by atoms with Crippen molar-refractivity contribution in [3.63, 3.8) is 0 Å². The fraction of sp³-hybridized carbons (Fsp3) is 0.500. The van der Waals surface area contributed by atoms with Gasteiger partial charge in [-0.05, 0) is 30.7 Å². The smallest absolute Gasteiger partial charge is 0.236 e. The average Bonchev–Trinajstić information content (AvgIpc) is 2.64. The monoisotopic (exact) mass is 212 g/mol. The van der Waals surface area contributed by atoms with E-state index in [0.29, 0.717) is 6.42 Å². The van der Waals surface area contributed by atoms with Crippen molar-refractivity contribution in [3.8, 4) is 0 Å². The Morgan fingerprint density at radius 1 is 1.57 bits per heavy atom. The Morgan fingerprint density at radius 2 is 2.36 bits per heavy atom. The summed E-state index contributed by atoms with van der Waals surface area (Å²) < 4.78 is 0. The number of nitrogens with two attached hydrogens (primary N) is 1. The van der Waals surface area contributed by atoms with Gasteiger partial charge in [0.2, 0.25) is 5.91 Å². The Labute approximate surface area is 88.5 Å². The lowest BCUT2D eigenvalue weighted by atomic mass is 10.1. The van der Waals surface area contributed by atoms with E-state index in [0.717, 1.165) is 24.3 Å². The largest absolute Gasteiger partial charge is 0.284 e. The molecular weight excluding hydrogens is 196 g/mol. The van der Waals surface area contributed by atoms with Crippen molar-refractivity contribution in [2.24, 2.45) is 5.84 Å². The third kappa shape index (κ3) is 3.89. The Balaban J connectivity index is 2.08. The van der Waals surface area contributed by atoms with Crippen LogP contribution in [-0.2, 0) is 11.2 Å². The quantitative estimate of drug-likeness (QED) is 0.350. The number of amides is 1. The molecule has 0 bridgehead atoms. The maximum absolute atomic E-state index is 11.1. The molecule has 0 atom stereocenters. The molecule has 1 rings (SSSR count). The van der Waals surface area contributed by atoms with E-state index in [1.807, 2.05) is 0 Å². The van der Waals surface area contributed by atoms with Crippen molar-refractivity contribution in [3.05, 3.63) is 22.4 Å². The molecule has 0 spiro atoms. The Morgan fingerprint density at radius 3 is 2.93 bits per heavy atom. The number of aryl methyl sites for hydroxylation is 1. The van der Waals surface area contributed by atoms with E-state index in [-0.39, 0.29) is 5.91 Å². The lowest BCUT2D eigenvalue weighted by molar-refractivity contribution is -0.130. The van der Waals surface area contributed by atoms with Gasteiger partial charge in [0.05, 0.1) is 0 Å². The fourth-order valence-corrected chi connectivity index (χ4v) is 1.96. The van der Waals surface area contributed by atoms with Gasteiger partial charge in [-0.3, -0.25) is 9.80 Å². The van der Waals surface area contributed by atoms with E-state index in [1.165, 1.54) is 4.88 Å². The van der Waals surface area contributed by atoms with Crippen molar-refractivity contribution in [1.29, 1.82) is 0 Å². The molecule has 0 fully saturated rings. The predicted octanol–water partition coefficient (Wildman–Crippen LogP) is 1.79. The summed E-state index contributed by atoms with van der Waals surface area (Å²) in [6, 6.07) is 4.18. The Hall–Kier alpha value is -0.870. The zero-order valence-electron chi connectivity index (χ0n) is 8.40. The maximum Gasteiger partial charge on any atom is 0.236 e. The van der Waals surface area contributed by atoms with Gasteiger partial charge in [0, 0.05) is 18.3 Å². The average molecular weight is 212 g/mol. The standard InChI is InChI=1S/C10H16N2OS/c1-12(11)10(13)7-3-2-5-9-6-4-8-14-9/h4,6,8H,2-3,5,7,11H2,1H3. The summed E-state index contributed by atoms with van der Waals surface area (Å²) in [5.74, 6) is 5.31. The van der Waals surface area contributed by atoms with E-state index in [2.05, 4.69) is 17.5 Å². The molecule has 0 aliphatic rings. The number of carbonyl (C=O) groups is 1. The first-order valence-corrected chi connectivity index (χ1v) is 5.62. The molecule has 0 aliphatic carbocycles. The van der Waals surface area contributed by atoms with Crippen LogP contribution in [0, 0.1) is 0 Å². The summed E-state index contributed by atoms with van der Waals surface area (Å²) in [7, 11) is 1.58. The number of hydrazine groups is 1. The van der Waals surface area contributed by atoms with Crippen LogP contribution in [0.2, 0.25) is 0 Å². The normalized spacial score (nSPS) is 10.1. The van der Waals surface area contributed by atoms with E-state index in [9.17, 15) is 4.79 Å². The van der Waals surface area contributed by atoms with E-state index >= 15 is 0 Å². The highest BCUT2D eigenvalue weighted by molar-refractivity contribution is 7.09. The van der Waals surface area contributed by atoms with Crippen molar-refractivity contribution in [1.82, 2.24) is 5.01 Å². The topological polar surface area (TPSA) is 46.3 Å². The van der Waals surface area contributed by atoms with Gasteiger partial charge < -0.3 is 0 Å². The van der Waals surface area contributed by atoms with Gasteiger partial charge in [-0.2, -0.15) is 0 Å². The Bertz CT molecular complexity index is 270. The van der Waals surface area contributed by atoms with Gasteiger partial charge in [-0.15, -0.1) is 11.3 Å². The number of hydrogen-bond donors (Lipinski definition) is 1. The number of nitrogens with zero attached hydrogens (tertiary/aromatic N) is 1. The first kappa shape index (κ1) is 11.2. The molecule has 0 unspecified atom stereocenters. The third-order valence-electron chi connectivity index (χ3n) is 2.04. The van der Waals surface area contributed by atoms with Gasteiger partial charge in [0.15, 0.2) is 0 Å². The SMILES string of the molecule is CN(N)C(=O)CCCCc1cccs1. The molecule has 0 saturated heterocycles. The van der Waals surface area contributed by atoms with Crippen molar-refractivity contribution in [2.75, 3.05) is 7.05 Å². The summed E-state index contributed by atoms with van der Waals surface area (Å²) in [5.41, 5.74) is 0. The minimum absolute atomic E-state index is 0.0104. The van der Waals surface area contributed by atoms with Crippen LogP contribution < -0.4 is 5.84 Å². The highest BCUT2D eigenvalue weighted by Crippen LogP contribution is 2.12. The zero-order valence-corrected chi connectivity index (χ0v) is 9.22. The zero-order chi connectivity index (χ0) is 10.4. The van der Waals surface area contributed by atoms with Crippen LogP contribution >= 0.6 is 11.3 Å². The minimum Gasteiger partial charge on any atom is -0.284 e. The summed E-state index contributed by atoms with van der Waals surface area (Å²) in [6.45, 7) is 0. The molecule has 78 valence electrons. The fourth-order valence-electron chi connectivity index (χ4n) is 1.21. The summed E-state index contributed by atoms with van der Waals surface area (Å²) >= 11 is 1.77. The molecule has 3 nitrogen and oxygen atoms in total. The van der Waals surface area contributed by atoms with Crippen molar-refractivity contribution < 1.29 is 4.79 Å². The molecule has 1 amide bonds. The van der Waals surface area contributed by atoms with Crippen molar-refractivity contribution in [2.45, 2.75) is 25.7 Å². The first-order chi connectivity index (χ1) is 6.70. The second-order valence-corrected chi connectivity index (χ2v) is 4.32. The van der Waals surface area contributed by atoms with Crippen LogP contribution in [0.3, 0.4) is 0 Å². The van der Waals surface area contributed by atoms with Gasteiger partial charge in [0.25, 0.3) is 0 Å². The van der Waals surface area contributed by atoms with Crippen LogP contribution in [0.5, 0.6) is 0 Å². The minimum atomic E-state index is 0.0104. The summed E-state index contributed by atoms with van der Waals surface area (Å²) in [5, 5.41) is 3.24. The van der Waals surface area contributed by atoms with Crippen LogP contribution in [0.1, 0.15) is 24.1 Å². The van der Waals surface area contributed by atoms with Crippen LogP contribution in [0.4, 0.5) is 0 Å². The predicted molar refractivity (Wildman–Crippen MR) is 58.8 cm³/mol. The highest BCUT2D eigenvalue weighted by Gasteiger charge is 2.03. The summed E-state index contributed by atoms with van der Waals surface area (Å²) in [6.07, 6.45) is 3.59. The second-order valence-electron chi connectivity index (χ2n) is 3.29. The molecule has 0 radical (unpaired) electrons. The number of hydrogen-bond acceptors (Lipinski definition) is 3. The number of rotatable bonds is 5. The molecule has 1 heterocycles. The van der Waals surface area contributed by atoms with E-state index < -0.39 is 0 Å². The third-order valence-corrected chi connectivity index (χ3v) is 2.97.